The molecule has 3 heteroatoms. The van der Waals surface area contributed by atoms with Gasteiger partial charge >= 0.3 is 0 Å². The van der Waals surface area contributed by atoms with E-state index in [9.17, 15) is 0 Å². The van der Waals surface area contributed by atoms with Gasteiger partial charge in [-0.1, -0.05) is 13.3 Å². The van der Waals surface area contributed by atoms with Gasteiger partial charge in [-0.05, 0) is 46.4 Å². The van der Waals surface area contributed by atoms with Crippen molar-refractivity contribution in [2.24, 2.45) is 0 Å². The first-order valence-corrected chi connectivity index (χ1v) is 7.33. The van der Waals surface area contributed by atoms with E-state index in [0.717, 1.165) is 12.1 Å². The molecule has 2 aliphatic rings. The molecule has 0 aromatic heterocycles. The monoisotopic (exact) mass is 239 g/mol. The van der Waals surface area contributed by atoms with Crippen LogP contribution in [0.2, 0.25) is 0 Å². The molecule has 0 amide bonds. The van der Waals surface area contributed by atoms with Crippen LogP contribution in [0.1, 0.15) is 32.6 Å². The van der Waals surface area contributed by atoms with E-state index in [0.29, 0.717) is 0 Å². The lowest BCUT2D eigenvalue weighted by atomic mass is 10.00. The van der Waals surface area contributed by atoms with Crippen LogP contribution >= 0.6 is 0 Å². The lowest BCUT2D eigenvalue weighted by molar-refractivity contribution is 0.0374. The quantitative estimate of drug-likeness (QED) is 0.739. The Labute approximate surface area is 107 Å². The fourth-order valence-electron chi connectivity index (χ4n) is 3.31. The second-order valence-corrected chi connectivity index (χ2v) is 5.95. The van der Waals surface area contributed by atoms with Crippen LogP contribution in [0.25, 0.3) is 0 Å². The third-order valence-corrected chi connectivity index (χ3v) is 4.63. The van der Waals surface area contributed by atoms with Gasteiger partial charge in [-0.25, -0.2) is 0 Å². The van der Waals surface area contributed by atoms with Crippen molar-refractivity contribution in [3.8, 4) is 0 Å². The van der Waals surface area contributed by atoms with Crippen molar-refractivity contribution in [1.82, 2.24) is 14.7 Å². The molecule has 0 aliphatic carbocycles. The van der Waals surface area contributed by atoms with Crippen molar-refractivity contribution in [3.63, 3.8) is 0 Å². The molecule has 2 fully saturated rings. The molecule has 3 nitrogen and oxygen atoms in total. The molecule has 17 heavy (non-hydrogen) atoms. The van der Waals surface area contributed by atoms with Crippen molar-refractivity contribution in [3.05, 3.63) is 0 Å². The van der Waals surface area contributed by atoms with E-state index in [2.05, 4.69) is 35.7 Å². The zero-order chi connectivity index (χ0) is 12.3. The fraction of sp³-hybridized carbons (Fsp3) is 1.00. The molecule has 1 unspecified atom stereocenters. The van der Waals surface area contributed by atoms with E-state index in [1.807, 2.05) is 0 Å². The van der Waals surface area contributed by atoms with Gasteiger partial charge in [-0.3, -0.25) is 4.90 Å². The molecule has 0 radical (unpaired) electrons. The molecular weight excluding hydrogens is 210 g/mol. The number of likely N-dealkylation sites (N-methyl/N-ethyl adjacent to an activating group) is 1. The number of hydrogen-bond acceptors (Lipinski definition) is 3. The summed E-state index contributed by atoms with van der Waals surface area (Å²) in [6, 6.07) is 1.66. The summed E-state index contributed by atoms with van der Waals surface area (Å²) in [6.45, 7) is 8.73. The highest BCUT2D eigenvalue weighted by atomic mass is 15.3. The number of likely N-dealkylation sites (tertiary alicyclic amines) is 1. The van der Waals surface area contributed by atoms with Gasteiger partial charge in [0.2, 0.25) is 0 Å². The molecule has 2 saturated heterocycles. The topological polar surface area (TPSA) is 9.72 Å². The Hall–Kier alpha value is -0.120. The van der Waals surface area contributed by atoms with Crippen molar-refractivity contribution < 1.29 is 0 Å². The summed E-state index contributed by atoms with van der Waals surface area (Å²) >= 11 is 0. The molecular formula is C14H29N3. The number of nitrogens with zero attached hydrogens (tertiary/aromatic N) is 3. The van der Waals surface area contributed by atoms with Crippen molar-refractivity contribution in [1.29, 1.82) is 0 Å². The van der Waals surface area contributed by atoms with Gasteiger partial charge in [0.15, 0.2) is 0 Å². The van der Waals surface area contributed by atoms with Gasteiger partial charge in [-0.15, -0.1) is 0 Å². The van der Waals surface area contributed by atoms with E-state index in [1.165, 1.54) is 58.4 Å². The third kappa shape index (κ3) is 3.43. The second kappa shape index (κ2) is 6.17. The predicted octanol–water partition coefficient (Wildman–Crippen LogP) is 1.50. The van der Waals surface area contributed by atoms with Crippen molar-refractivity contribution in [2.75, 3.05) is 46.8 Å². The van der Waals surface area contributed by atoms with Crippen LogP contribution in [0.4, 0.5) is 0 Å². The van der Waals surface area contributed by atoms with Gasteiger partial charge in [-0.2, -0.15) is 0 Å². The van der Waals surface area contributed by atoms with Crippen LogP contribution in [0, 0.1) is 0 Å². The number of hydrogen-bond donors (Lipinski definition) is 0. The van der Waals surface area contributed by atoms with E-state index in [-0.39, 0.29) is 0 Å². The first-order chi connectivity index (χ1) is 8.20. The molecule has 100 valence electrons. The molecule has 0 N–H and O–H groups in total. The minimum Gasteiger partial charge on any atom is -0.306 e. The predicted molar refractivity (Wildman–Crippen MR) is 73.4 cm³/mol. The highest BCUT2D eigenvalue weighted by molar-refractivity contribution is 4.86. The Bertz CT molecular complexity index is 224. The van der Waals surface area contributed by atoms with Crippen LogP contribution in [0.5, 0.6) is 0 Å². The molecule has 0 spiro atoms. The van der Waals surface area contributed by atoms with Gasteiger partial charge in [0.1, 0.15) is 0 Å². The maximum Gasteiger partial charge on any atom is 0.0220 e. The number of piperazine rings is 1. The summed E-state index contributed by atoms with van der Waals surface area (Å²) < 4.78 is 0. The highest BCUT2D eigenvalue weighted by Gasteiger charge is 2.29. The summed E-state index contributed by atoms with van der Waals surface area (Å²) in [6.07, 6.45) is 5.42. The number of rotatable bonds is 3. The van der Waals surface area contributed by atoms with Crippen LogP contribution < -0.4 is 0 Å². The zero-order valence-electron chi connectivity index (χ0n) is 11.9. The average molecular weight is 239 g/mol. The first kappa shape index (κ1) is 13.3. The van der Waals surface area contributed by atoms with E-state index in [1.54, 1.807) is 0 Å². The molecule has 0 bridgehead atoms. The molecule has 1 atom stereocenters. The Balaban J connectivity index is 1.85. The Morgan fingerprint density at radius 3 is 2.35 bits per heavy atom. The summed E-state index contributed by atoms with van der Waals surface area (Å²) in [5, 5.41) is 0. The highest BCUT2D eigenvalue weighted by Crippen LogP contribution is 2.20. The van der Waals surface area contributed by atoms with Crippen LogP contribution in [0.3, 0.4) is 0 Å². The zero-order valence-corrected chi connectivity index (χ0v) is 11.9. The Morgan fingerprint density at radius 2 is 1.71 bits per heavy atom. The summed E-state index contributed by atoms with van der Waals surface area (Å²) in [5.74, 6) is 0. The average Bonchev–Trinajstić information content (AvgIpc) is 2.33. The maximum absolute atomic E-state index is 2.77. The SMILES string of the molecule is CCCC1CN(C2CCN(C)CC2)CCN1C. The normalized spacial score (nSPS) is 30.9. The minimum absolute atomic E-state index is 0.799. The molecule has 0 aromatic carbocycles. The van der Waals surface area contributed by atoms with E-state index in [4.69, 9.17) is 0 Å². The molecule has 2 rings (SSSR count). The summed E-state index contributed by atoms with van der Waals surface area (Å²) in [7, 11) is 4.55. The van der Waals surface area contributed by atoms with Gasteiger partial charge < -0.3 is 9.80 Å². The third-order valence-electron chi connectivity index (χ3n) is 4.63. The van der Waals surface area contributed by atoms with E-state index >= 15 is 0 Å². The van der Waals surface area contributed by atoms with Gasteiger partial charge in [0.25, 0.3) is 0 Å². The van der Waals surface area contributed by atoms with Gasteiger partial charge in [0, 0.05) is 31.7 Å². The number of piperidine rings is 1. The Morgan fingerprint density at radius 1 is 1.00 bits per heavy atom. The van der Waals surface area contributed by atoms with E-state index < -0.39 is 0 Å². The van der Waals surface area contributed by atoms with Crippen LogP contribution in [-0.2, 0) is 0 Å². The van der Waals surface area contributed by atoms with Crippen molar-refractivity contribution in [2.45, 2.75) is 44.7 Å². The summed E-state index contributed by atoms with van der Waals surface area (Å²) in [4.78, 5) is 7.80. The Kier molecular flexibility index (Phi) is 4.83. The van der Waals surface area contributed by atoms with Crippen molar-refractivity contribution >= 4 is 0 Å². The molecule has 2 aliphatic heterocycles. The molecule has 2 heterocycles. The second-order valence-electron chi connectivity index (χ2n) is 5.95. The fourth-order valence-corrected chi connectivity index (χ4v) is 3.31. The lowest BCUT2D eigenvalue weighted by Gasteiger charge is -2.45. The first-order valence-electron chi connectivity index (χ1n) is 7.33. The summed E-state index contributed by atoms with van der Waals surface area (Å²) in [5.41, 5.74) is 0. The largest absolute Gasteiger partial charge is 0.306 e. The molecule has 0 saturated carbocycles. The van der Waals surface area contributed by atoms with Crippen LogP contribution in [0.15, 0.2) is 0 Å². The van der Waals surface area contributed by atoms with Crippen LogP contribution in [-0.4, -0.2) is 73.6 Å². The maximum atomic E-state index is 2.77. The minimum atomic E-state index is 0.799. The standard InChI is InChI=1S/C14H29N3/c1-4-5-14-12-17(11-10-16(14)3)13-6-8-15(2)9-7-13/h13-14H,4-12H2,1-3H3. The lowest BCUT2D eigenvalue weighted by Crippen LogP contribution is -2.56. The van der Waals surface area contributed by atoms with Gasteiger partial charge in [0.05, 0.1) is 0 Å². The smallest absolute Gasteiger partial charge is 0.0220 e. The molecule has 0 aromatic rings.